The normalized spacial score (nSPS) is 24.0. The minimum absolute atomic E-state index is 0. The second kappa shape index (κ2) is 7.01. The quantitative estimate of drug-likeness (QED) is 0.927. The third-order valence-electron chi connectivity index (χ3n) is 4.92. The highest BCUT2D eigenvalue weighted by Gasteiger charge is 2.39. The van der Waals surface area contributed by atoms with Crippen LogP contribution in [0.4, 0.5) is 0 Å². The van der Waals surface area contributed by atoms with Gasteiger partial charge in [0.1, 0.15) is 0 Å². The van der Waals surface area contributed by atoms with Crippen molar-refractivity contribution in [1.29, 1.82) is 0 Å². The Morgan fingerprint density at radius 3 is 2.73 bits per heavy atom. The number of carbonyl (C=O) groups excluding carboxylic acids is 1. The molecule has 2 fully saturated rings. The topological polar surface area (TPSA) is 50.2 Å². The highest BCUT2D eigenvalue weighted by atomic mass is 35.5. The van der Waals surface area contributed by atoms with E-state index in [2.05, 4.69) is 22.2 Å². The molecule has 2 aliphatic heterocycles. The summed E-state index contributed by atoms with van der Waals surface area (Å²) in [7, 11) is 0. The SMILES string of the molecule is CCCn1nc(C)c(C(=O)N2C3CCNCC2CC3)c1C.Cl. The van der Waals surface area contributed by atoms with Gasteiger partial charge in [-0.3, -0.25) is 9.48 Å². The zero-order valence-corrected chi connectivity index (χ0v) is 14.6. The van der Waals surface area contributed by atoms with Crippen molar-refractivity contribution in [3.05, 3.63) is 17.0 Å². The number of aryl methyl sites for hydroxylation is 2. The van der Waals surface area contributed by atoms with Gasteiger partial charge < -0.3 is 10.2 Å². The number of rotatable bonds is 3. The first-order chi connectivity index (χ1) is 10.1. The molecule has 0 aliphatic carbocycles. The molecule has 5 nitrogen and oxygen atoms in total. The zero-order chi connectivity index (χ0) is 15.0. The lowest BCUT2D eigenvalue weighted by Gasteiger charge is -2.28. The van der Waals surface area contributed by atoms with Crippen LogP contribution in [0, 0.1) is 13.8 Å². The van der Waals surface area contributed by atoms with Crippen LogP contribution in [0.1, 0.15) is 54.4 Å². The molecule has 0 spiro atoms. The van der Waals surface area contributed by atoms with E-state index in [1.165, 1.54) is 0 Å². The van der Waals surface area contributed by atoms with Gasteiger partial charge in [-0.15, -0.1) is 12.4 Å². The van der Waals surface area contributed by atoms with Gasteiger partial charge in [0.15, 0.2) is 0 Å². The minimum atomic E-state index is 0. The highest BCUT2D eigenvalue weighted by molar-refractivity contribution is 5.97. The molecular formula is C16H27ClN4O. The minimum Gasteiger partial charge on any atom is -0.331 e. The highest BCUT2D eigenvalue weighted by Crippen LogP contribution is 2.30. The van der Waals surface area contributed by atoms with Crippen molar-refractivity contribution >= 4 is 18.3 Å². The number of aromatic nitrogens is 2. The molecule has 0 aromatic carbocycles. The van der Waals surface area contributed by atoms with E-state index in [-0.39, 0.29) is 18.3 Å². The smallest absolute Gasteiger partial charge is 0.258 e. The van der Waals surface area contributed by atoms with Gasteiger partial charge in [-0.1, -0.05) is 6.92 Å². The first-order valence-electron chi connectivity index (χ1n) is 8.20. The van der Waals surface area contributed by atoms with Crippen LogP contribution in [0.15, 0.2) is 0 Å². The van der Waals surface area contributed by atoms with Crippen molar-refractivity contribution in [3.63, 3.8) is 0 Å². The number of hydrogen-bond donors (Lipinski definition) is 1. The Hall–Kier alpha value is -1.07. The summed E-state index contributed by atoms with van der Waals surface area (Å²) < 4.78 is 1.99. The van der Waals surface area contributed by atoms with E-state index in [1.54, 1.807) is 0 Å². The van der Waals surface area contributed by atoms with Crippen molar-refractivity contribution in [1.82, 2.24) is 20.0 Å². The Morgan fingerprint density at radius 2 is 2.00 bits per heavy atom. The van der Waals surface area contributed by atoms with Gasteiger partial charge in [0.2, 0.25) is 0 Å². The lowest BCUT2D eigenvalue weighted by atomic mass is 10.1. The summed E-state index contributed by atoms with van der Waals surface area (Å²) in [6, 6.07) is 0.768. The maximum Gasteiger partial charge on any atom is 0.258 e. The Bertz CT molecular complexity index is 528. The number of amides is 1. The van der Waals surface area contributed by atoms with Crippen molar-refractivity contribution < 1.29 is 4.79 Å². The average molecular weight is 327 g/mol. The summed E-state index contributed by atoms with van der Waals surface area (Å²) in [4.78, 5) is 15.3. The number of fused-ring (bicyclic) bond motifs is 2. The van der Waals surface area contributed by atoms with Gasteiger partial charge in [-0.05, 0) is 46.1 Å². The van der Waals surface area contributed by atoms with Gasteiger partial charge in [0, 0.05) is 30.9 Å². The van der Waals surface area contributed by atoms with Gasteiger partial charge >= 0.3 is 0 Å². The summed E-state index contributed by atoms with van der Waals surface area (Å²) in [5, 5.41) is 8.02. The standard InChI is InChI=1S/C16H26N4O.ClH/c1-4-9-19-12(3)15(11(2)18-19)16(21)20-13-5-6-14(20)10-17-8-7-13;/h13-14,17H,4-10H2,1-3H3;1H. The lowest BCUT2D eigenvalue weighted by Crippen LogP contribution is -2.42. The van der Waals surface area contributed by atoms with E-state index in [4.69, 9.17) is 0 Å². The third kappa shape index (κ3) is 2.88. The lowest BCUT2D eigenvalue weighted by molar-refractivity contribution is 0.0678. The number of nitrogens with zero attached hydrogens (tertiary/aromatic N) is 3. The molecule has 2 aliphatic rings. The fourth-order valence-corrected chi connectivity index (χ4v) is 3.88. The van der Waals surface area contributed by atoms with E-state index < -0.39 is 0 Å². The van der Waals surface area contributed by atoms with Crippen LogP contribution in [0.3, 0.4) is 0 Å². The molecule has 22 heavy (non-hydrogen) atoms. The zero-order valence-electron chi connectivity index (χ0n) is 13.8. The molecule has 3 heterocycles. The van der Waals surface area contributed by atoms with E-state index in [0.717, 1.165) is 62.3 Å². The van der Waals surface area contributed by atoms with Gasteiger partial charge in [-0.25, -0.2) is 0 Å². The Kier molecular flexibility index (Phi) is 5.50. The summed E-state index contributed by atoms with van der Waals surface area (Å²) in [6.45, 7) is 8.97. The second-order valence-electron chi connectivity index (χ2n) is 6.36. The van der Waals surface area contributed by atoms with Crippen molar-refractivity contribution in [3.8, 4) is 0 Å². The van der Waals surface area contributed by atoms with Crippen LogP contribution < -0.4 is 5.32 Å². The van der Waals surface area contributed by atoms with Gasteiger partial charge in [-0.2, -0.15) is 5.10 Å². The number of nitrogens with one attached hydrogen (secondary N) is 1. The third-order valence-corrected chi connectivity index (χ3v) is 4.92. The molecule has 2 atom stereocenters. The first kappa shape index (κ1) is 17.3. The Morgan fingerprint density at radius 1 is 1.27 bits per heavy atom. The molecule has 2 unspecified atom stereocenters. The predicted octanol–water partition coefficient (Wildman–Crippen LogP) is 2.30. The molecule has 1 aromatic heterocycles. The van der Waals surface area contributed by atoms with Crippen LogP contribution >= 0.6 is 12.4 Å². The molecule has 1 amide bonds. The van der Waals surface area contributed by atoms with E-state index >= 15 is 0 Å². The van der Waals surface area contributed by atoms with Gasteiger partial charge in [0.25, 0.3) is 5.91 Å². The van der Waals surface area contributed by atoms with E-state index in [1.807, 2.05) is 18.5 Å². The summed E-state index contributed by atoms with van der Waals surface area (Å²) >= 11 is 0. The van der Waals surface area contributed by atoms with E-state index in [9.17, 15) is 4.79 Å². The fourth-order valence-electron chi connectivity index (χ4n) is 3.88. The summed E-state index contributed by atoms with van der Waals surface area (Å²) in [5.74, 6) is 0.198. The molecule has 3 rings (SSSR count). The Balaban J connectivity index is 0.00000176. The summed E-state index contributed by atoms with van der Waals surface area (Å²) in [6.07, 6.45) is 4.39. The number of halogens is 1. The van der Waals surface area contributed by atoms with Gasteiger partial charge in [0.05, 0.1) is 11.3 Å². The second-order valence-corrected chi connectivity index (χ2v) is 6.36. The van der Waals surface area contributed by atoms with Crippen LogP contribution in [0.2, 0.25) is 0 Å². The van der Waals surface area contributed by atoms with Crippen LogP contribution in [-0.4, -0.2) is 45.8 Å². The number of carbonyl (C=O) groups is 1. The molecule has 1 aromatic rings. The molecule has 124 valence electrons. The maximum absolute atomic E-state index is 13.1. The summed E-state index contributed by atoms with van der Waals surface area (Å²) in [5.41, 5.74) is 2.74. The van der Waals surface area contributed by atoms with Crippen molar-refractivity contribution in [2.75, 3.05) is 13.1 Å². The average Bonchev–Trinajstić information content (AvgIpc) is 2.86. The predicted molar refractivity (Wildman–Crippen MR) is 89.7 cm³/mol. The van der Waals surface area contributed by atoms with E-state index in [0.29, 0.717) is 12.1 Å². The molecule has 2 saturated heterocycles. The monoisotopic (exact) mass is 326 g/mol. The maximum atomic E-state index is 13.1. The van der Waals surface area contributed by atoms with Crippen LogP contribution in [0.5, 0.6) is 0 Å². The largest absolute Gasteiger partial charge is 0.331 e. The molecule has 1 N–H and O–H groups in total. The first-order valence-corrected chi connectivity index (χ1v) is 8.20. The van der Waals surface area contributed by atoms with Crippen molar-refractivity contribution in [2.24, 2.45) is 0 Å². The molecule has 0 radical (unpaired) electrons. The fraction of sp³-hybridized carbons (Fsp3) is 0.750. The van der Waals surface area contributed by atoms with Crippen molar-refractivity contribution in [2.45, 2.75) is 65.1 Å². The molecular weight excluding hydrogens is 300 g/mol. The Labute approximate surface area is 138 Å². The van der Waals surface area contributed by atoms with Crippen LogP contribution in [-0.2, 0) is 6.54 Å². The molecule has 2 bridgehead atoms. The molecule has 6 heteroatoms. The molecule has 0 saturated carbocycles. The van der Waals surface area contributed by atoms with Crippen LogP contribution in [0.25, 0.3) is 0 Å². The number of hydrogen-bond acceptors (Lipinski definition) is 3.